The molecule has 0 fully saturated rings. The average Bonchev–Trinajstić information content (AvgIpc) is 2.25. The van der Waals surface area contributed by atoms with Crippen molar-refractivity contribution in [3.05, 3.63) is 29.8 Å². The van der Waals surface area contributed by atoms with E-state index < -0.39 is 19.7 Å². The highest BCUT2D eigenvalue weighted by atomic mass is 31.2. The predicted molar refractivity (Wildman–Crippen MR) is 59.7 cm³/mol. The minimum atomic E-state index is -4.35. The van der Waals surface area contributed by atoms with Crippen molar-refractivity contribution in [2.24, 2.45) is 0 Å². The van der Waals surface area contributed by atoms with E-state index in [4.69, 9.17) is 19.3 Å². The number of hydrogen-bond donors (Lipinski definition) is 2. The van der Waals surface area contributed by atoms with Gasteiger partial charge in [-0.2, -0.15) is 0 Å². The van der Waals surface area contributed by atoms with Gasteiger partial charge in [0.1, 0.15) is 18.5 Å². The molecule has 7 heteroatoms. The monoisotopic (exact) mass is 260 g/mol. The summed E-state index contributed by atoms with van der Waals surface area (Å²) in [6.45, 7) is -0.0250. The molecule has 0 aliphatic heterocycles. The maximum absolute atomic E-state index is 11.0. The third-order valence-corrected chi connectivity index (χ3v) is 2.56. The first-order chi connectivity index (χ1) is 7.90. The van der Waals surface area contributed by atoms with Crippen molar-refractivity contribution >= 4 is 13.6 Å². The van der Waals surface area contributed by atoms with E-state index in [1.54, 1.807) is 24.3 Å². The Labute approximate surface area is 98.3 Å². The number of ether oxygens (including phenoxy) is 2. The van der Waals surface area contributed by atoms with Crippen LogP contribution in [0.15, 0.2) is 24.3 Å². The van der Waals surface area contributed by atoms with Gasteiger partial charge in [-0.1, -0.05) is 12.1 Å². The number of rotatable bonds is 5. The van der Waals surface area contributed by atoms with Gasteiger partial charge in [-0.15, -0.1) is 0 Å². The van der Waals surface area contributed by atoms with Crippen LogP contribution in [0.1, 0.15) is 5.56 Å². The Balaban J connectivity index is 2.45. The number of hydrogen-bond acceptors (Lipinski definition) is 4. The van der Waals surface area contributed by atoms with Gasteiger partial charge >= 0.3 is 13.6 Å². The first-order valence-corrected chi connectivity index (χ1v) is 6.53. The number of carbonyl (C=O) groups excluding carboxylic acids is 1. The second kappa shape index (κ2) is 5.82. The van der Waals surface area contributed by atoms with Gasteiger partial charge in [-0.05, 0) is 17.7 Å². The third-order valence-electron chi connectivity index (χ3n) is 1.89. The van der Waals surface area contributed by atoms with Gasteiger partial charge in [-0.3, -0.25) is 9.36 Å². The van der Waals surface area contributed by atoms with Crippen molar-refractivity contribution in [3.8, 4) is 5.75 Å². The largest absolute Gasteiger partial charge is 0.497 e. The molecule has 0 unspecified atom stereocenters. The molecule has 1 aromatic carbocycles. The van der Waals surface area contributed by atoms with E-state index in [-0.39, 0.29) is 6.61 Å². The Morgan fingerprint density at radius 1 is 1.29 bits per heavy atom. The number of methoxy groups -OCH3 is 1. The SMILES string of the molecule is COc1ccc(COC(=O)CP(=O)(O)O)cc1. The lowest BCUT2D eigenvalue weighted by Gasteiger charge is -2.06. The van der Waals surface area contributed by atoms with Gasteiger partial charge in [0, 0.05) is 0 Å². The molecule has 1 rings (SSSR count). The molecule has 17 heavy (non-hydrogen) atoms. The first-order valence-electron chi connectivity index (χ1n) is 4.74. The Morgan fingerprint density at radius 3 is 2.35 bits per heavy atom. The molecule has 0 radical (unpaired) electrons. The Morgan fingerprint density at radius 2 is 1.88 bits per heavy atom. The minimum Gasteiger partial charge on any atom is -0.497 e. The lowest BCUT2D eigenvalue weighted by Crippen LogP contribution is -2.09. The summed E-state index contributed by atoms with van der Waals surface area (Å²) in [6, 6.07) is 6.80. The van der Waals surface area contributed by atoms with Gasteiger partial charge in [0.05, 0.1) is 7.11 Å². The van der Waals surface area contributed by atoms with Crippen molar-refractivity contribution in [2.45, 2.75) is 6.61 Å². The molecule has 0 amide bonds. The molecule has 0 heterocycles. The Bertz CT molecular complexity index is 421. The highest BCUT2D eigenvalue weighted by Gasteiger charge is 2.20. The summed E-state index contributed by atoms with van der Waals surface area (Å²) in [4.78, 5) is 28.1. The van der Waals surface area contributed by atoms with E-state index in [0.29, 0.717) is 11.3 Å². The molecule has 0 spiro atoms. The molecule has 6 nitrogen and oxygen atoms in total. The summed E-state index contributed by atoms with van der Waals surface area (Å²) in [6.07, 6.45) is -0.900. The summed E-state index contributed by atoms with van der Waals surface area (Å²) >= 11 is 0. The summed E-state index contributed by atoms with van der Waals surface area (Å²) in [5.41, 5.74) is 0.713. The number of esters is 1. The smallest absolute Gasteiger partial charge is 0.336 e. The van der Waals surface area contributed by atoms with Gasteiger partial charge in [0.2, 0.25) is 0 Å². The van der Waals surface area contributed by atoms with Crippen LogP contribution in [-0.4, -0.2) is 29.0 Å². The third kappa shape index (κ3) is 5.49. The van der Waals surface area contributed by atoms with Crippen molar-refractivity contribution < 1.29 is 28.6 Å². The van der Waals surface area contributed by atoms with Crippen molar-refractivity contribution in [1.29, 1.82) is 0 Å². The Kier molecular flexibility index (Phi) is 4.69. The zero-order valence-electron chi connectivity index (χ0n) is 9.20. The van der Waals surface area contributed by atoms with Gasteiger partial charge in [0.25, 0.3) is 0 Å². The van der Waals surface area contributed by atoms with Crippen molar-refractivity contribution in [2.75, 3.05) is 13.3 Å². The van der Waals surface area contributed by atoms with Gasteiger partial charge < -0.3 is 19.3 Å². The molecule has 0 bridgehead atoms. The van der Waals surface area contributed by atoms with Crippen LogP contribution >= 0.6 is 7.60 Å². The first kappa shape index (κ1) is 13.7. The van der Waals surface area contributed by atoms with Crippen LogP contribution in [0.5, 0.6) is 5.75 Å². The molecule has 0 atom stereocenters. The molecular weight excluding hydrogens is 247 g/mol. The quantitative estimate of drug-likeness (QED) is 0.604. The van der Waals surface area contributed by atoms with Crippen LogP contribution in [0.25, 0.3) is 0 Å². The lowest BCUT2D eigenvalue weighted by molar-refractivity contribution is -0.142. The molecule has 0 saturated heterocycles. The maximum atomic E-state index is 11.0. The Hall–Kier alpha value is -1.36. The van der Waals surface area contributed by atoms with Crippen LogP contribution < -0.4 is 4.74 Å². The van der Waals surface area contributed by atoms with E-state index in [0.717, 1.165) is 0 Å². The van der Waals surface area contributed by atoms with E-state index in [9.17, 15) is 9.36 Å². The number of carbonyl (C=O) groups is 1. The standard InChI is InChI=1S/C10H13O6P/c1-15-9-4-2-8(3-5-9)6-16-10(11)7-17(12,13)14/h2-5H,6-7H2,1H3,(H2,12,13,14). The molecule has 2 N–H and O–H groups in total. The lowest BCUT2D eigenvalue weighted by atomic mass is 10.2. The highest BCUT2D eigenvalue weighted by Crippen LogP contribution is 2.33. The fourth-order valence-corrected chi connectivity index (χ4v) is 1.53. The minimum absolute atomic E-state index is 0.0250. The fourth-order valence-electron chi connectivity index (χ4n) is 1.10. The van der Waals surface area contributed by atoms with Crippen LogP contribution in [0, 0.1) is 0 Å². The van der Waals surface area contributed by atoms with Crippen LogP contribution in [0.4, 0.5) is 0 Å². The van der Waals surface area contributed by atoms with Crippen molar-refractivity contribution in [1.82, 2.24) is 0 Å². The van der Waals surface area contributed by atoms with Crippen LogP contribution in [-0.2, 0) is 20.7 Å². The van der Waals surface area contributed by atoms with Crippen LogP contribution in [0.3, 0.4) is 0 Å². The summed E-state index contributed by atoms with van der Waals surface area (Å²) in [5, 5.41) is 0. The fraction of sp³-hybridized carbons (Fsp3) is 0.300. The van der Waals surface area contributed by atoms with E-state index in [1.807, 2.05) is 0 Å². The van der Waals surface area contributed by atoms with Gasteiger partial charge in [-0.25, -0.2) is 0 Å². The second-order valence-corrected chi connectivity index (χ2v) is 4.98. The molecule has 0 aliphatic rings. The van der Waals surface area contributed by atoms with Crippen LogP contribution in [0.2, 0.25) is 0 Å². The predicted octanol–water partition coefficient (Wildman–Crippen LogP) is 0.916. The molecule has 1 aromatic rings. The molecule has 0 saturated carbocycles. The zero-order valence-corrected chi connectivity index (χ0v) is 10.1. The van der Waals surface area contributed by atoms with Gasteiger partial charge in [0.15, 0.2) is 0 Å². The van der Waals surface area contributed by atoms with E-state index in [2.05, 4.69) is 0 Å². The average molecular weight is 260 g/mol. The summed E-state index contributed by atoms with van der Waals surface area (Å²) in [7, 11) is -2.81. The number of benzene rings is 1. The molecule has 0 aliphatic carbocycles. The maximum Gasteiger partial charge on any atom is 0.336 e. The van der Waals surface area contributed by atoms with E-state index >= 15 is 0 Å². The zero-order chi connectivity index (χ0) is 12.9. The second-order valence-electron chi connectivity index (χ2n) is 3.33. The highest BCUT2D eigenvalue weighted by molar-refractivity contribution is 7.52. The van der Waals surface area contributed by atoms with Crippen molar-refractivity contribution in [3.63, 3.8) is 0 Å². The normalized spacial score (nSPS) is 11.0. The van der Waals surface area contributed by atoms with E-state index in [1.165, 1.54) is 7.11 Å². The summed E-state index contributed by atoms with van der Waals surface area (Å²) < 4.78 is 20.2. The molecular formula is C10H13O6P. The topological polar surface area (TPSA) is 93.1 Å². The molecule has 94 valence electrons. The summed E-state index contributed by atoms with van der Waals surface area (Å²) in [5.74, 6) is -0.246. The molecule has 0 aromatic heterocycles.